The molecule has 1 aliphatic heterocycles. The highest BCUT2D eigenvalue weighted by molar-refractivity contribution is 14.0. The van der Waals surface area contributed by atoms with E-state index in [0.717, 1.165) is 31.9 Å². The van der Waals surface area contributed by atoms with E-state index in [4.69, 9.17) is 4.99 Å². The molecule has 2 heterocycles. The van der Waals surface area contributed by atoms with Crippen LogP contribution in [0.25, 0.3) is 0 Å². The molecule has 1 aromatic heterocycles. The molecule has 1 aromatic rings. The molecule has 0 atom stereocenters. The van der Waals surface area contributed by atoms with Crippen LogP contribution in [0.15, 0.2) is 11.2 Å². The number of H-pyrrole nitrogens is 1. The summed E-state index contributed by atoms with van der Waals surface area (Å²) in [5.74, 6) is 0.962. The summed E-state index contributed by atoms with van der Waals surface area (Å²) in [4.78, 5) is 7.29. The van der Waals surface area contributed by atoms with Crippen LogP contribution in [-0.4, -0.2) is 59.3 Å². The molecule has 0 aromatic carbocycles. The molecule has 0 aliphatic carbocycles. The van der Waals surface area contributed by atoms with E-state index in [1.165, 1.54) is 37.2 Å². The minimum atomic E-state index is 0. The monoisotopic (exact) mass is 462 g/mol. The van der Waals surface area contributed by atoms with Crippen LogP contribution >= 0.6 is 24.0 Å². The summed E-state index contributed by atoms with van der Waals surface area (Å²) >= 11 is 0. The van der Waals surface area contributed by atoms with Crippen molar-refractivity contribution in [3.63, 3.8) is 0 Å². The van der Waals surface area contributed by atoms with Crippen molar-refractivity contribution in [1.29, 1.82) is 0 Å². The Morgan fingerprint density at radius 2 is 2.12 bits per heavy atom. The van der Waals surface area contributed by atoms with Gasteiger partial charge in [-0.2, -0.15) is 5.10 Å². The number of aliphatic imine (C=N–C) groups is 1. The van der Waals surface area contributed by atoms with E-state index >= 15 is 0 Å². The Balaban J connectivity index is 0.00000312. The van der Waals surface area contributed by atoms with Gasteiger partial charge in [0, 0.05) is 44.0 Å². The summed E-state index contributed by atoms with van der Waals surface area (Å²) in [6.07, 6.45) is 6.37. The smallest absolute Gasteiger partial charge is 0.191 e. The van der Waals surface area contributed by atoms with E-state index in [2.05, 4.69) is 53.4 Å². The van der Waals surface area contributed by atoms with E-state index in [0.29, 0.717) is 12.1 Å². The van der Waals surface area contributed by atoms with Crippen LogP contribution in [0.3, 0.4) is 0 Å². The molecule has 3 N–H and O–H groups in total. The van der Waals surface area contributed by atoms with Crippen LogP contribution in [0.5, 0.6) is 0 Å². The van der Waals surface area contributed by atoms with Gasteiger partial charge in [0.15, 0.2) is 5.96 Å². The molecule has 2 rings (SSSR count). The third-order valence-electron chi connectivity index (χ3n) is 4.75. The molecule has 6 nitrogen and oxygen atoms in total. The minimum Gasteiger partial charge on any atom is -0.357 e. The average Bonchev–Trinajstić information content (AvgIpc) is 2.97. The molecular formula is C18H35IN6. The topological polar surface area (TPSA) is 68.3 Å². The number of piperidine rings is 1. The van der Waals surface area contributed by atoms with Gasteiger partial charge in [0.1, 0.15) is 0 Å². The molecule has 25 heavy (non-hydrogen) atoms. The van der Waals surface area contributed by atoms with Crippen molar-refractivity contribution in [2.24, 2.45) is 4.99 Å². The number of halogens is 1. The summed E-state index contributed by atoms with van der Waals surface area (Å²) in [6, 6.07) is 1.19. The lowest BCUT2D eigenvalue weighted by Gasteiger charge is -2.35. The molecule has 0 unspecified atom stereocenters. The second-order valence-corrected chi connectivity index (χ2v) is 6.93. The zero-order chi connectivity index (χ0) is 17.4. The van der Waals surface area contributed by atoms with E-state index in [1.807, 2.05) is 6.20 Å². The number of hydrogen-bond donors (Lipinski definition) is 3. The van der Waals surface area contributed by atoms with E-state index < -0.39 is 0 Å². The molecule has 0 bridgehead atoms. The third kappa shape index (κ3) is 7.52. The molecule has 0 spiro atoms. The first-order valence-corrected chi connectivity index (χ1v) is 9.38. The number of aromatic amines is 1. The number of nitrogens with one attached hydrogen (secondary N) is 3. The predicted molar refractivity (Wildman–Crippen MR) is 116 cm³/mol. The van der Waals surface area contributed by atoms with Crippen molar-refractivity contribution in [3.05, 3.63) is 17.5 Å². The van der Waals surface area contributed by atoms with Gasteiger partial charge in [0.25, 0.3) is 0 Å². The molecule has 144 valence electrons. The van der Waals surface area contributed by atoms with E-state index in [9.17, 15) is 0 Å². The lowest BCUT2D eigenvalue weighted by molar-refractivity contribution is 0.167. The van der Waals surface area contributed by atoms with Crippen molar-refractivity contribution < 1.29 is 0 Å². The highest BCUT2D eigenvalue weighted by Gasteiger charge is 2.21. The number of rotatable bonds is 7. The Morgan fingerprint density at radius 3 is 2.68 bits per heavy atom. The number of nitrogens with zero attached hydrogens (tertiary/aromatic N) is 3. The van der Waals surface area contributed by atoms with Crippen LogP contribution in [0.4, 0.5) is 0 Å². The second-order valence-electron chi connectivity index (χ2n) is 6.93. The first-order valence-electron chi connectivity index (χ1n) is 9.38. The van der Waals surface area contributed by atoms with Gasteiger partial charge in [-0.05, 0) is 58.9 Å². The lowest BCUT2D eigenvalue weighted by atomic mass is 10.0. The summed E-state index contributed by atoms with van der Waals surface area (Å²) < 4.78 is 0. The molecule has 7 heteroatoms. The van der Waals surface area contributed by atoms with Crippen LogP contribution in [0, 0.1) is 6.92 Å². The molecule has 1 fully saturated rings. The van der Waals surface area contributed by atoms with Crippen molar-refractivity contribution in [3.8, 4) is 0 Å². The Bertz CT molecular complexity index is 505. The van der Waals surface area contributed by atoms with Crippen LogP contribution in [0.1, 0.15) is 51.3 Å². The molecular weight excluding hydrogens is 427 g/mol. The maximum absolute atomic E-state index is 4.74. The third-order valence-corrected chi connectivity index (χ3v) is 4.75. The van der Waals surface area contributed by atoms with Gasteiger partial charge in [0.05, 0.1) is 6.20 Å². The van der Waals surface area contributed by atoms with E-state index in [1.54, 1.807) is 0 Å². The Labute approximate surface area is 169 Å². The van der Waals surface area contributed by atoms with Gasteiger partial charge in [0.2, 0.25) is 0 Å². The zero-order valence-electron chi connectivity index (χ0n) is 16.1. The van der Waals surface area contributed by atoms with Gasteiger partial charge in [-0.25, -0.2) is 0 Å². The fourth-order valence-electron chi connectivity index (χ4n) is 3.16. The normalized spacial score (nSPS) is 16.8. The average molecular weight is 462 g/mol. The van der Waals surface area contributed by atoms with Crippen LogP contribution < -0.4 is 10.6 Å². The number of likely N-dealkylation sites (tertiary alicyclic amines) is 1. The molecule has 1 aliphatic rings. The van der Waals surface area contributed by atoms with Gasteiger partial charge in [-0.15, -0.1) is 24.0 Å². The number of guanidine groups is 1. The molecule has 0 amide bonds. The quantitative estimate of drug-likeness (QED) is 0.252. The van der Waals surface area contributed by atoms with Crippen LogP contribution in [-0.2, 0) is 6.42 Å². The van der Waals surface area contributed by atoms with E-state index in [-0.39, 0.29) is 24.0 Å². The first-order chi connectivity index (χ1) is 11.6. The minimum absolute atomic E-state index is 0. The fraction of sp³-hybridized carbons (Fsp3) is 0.778. The zero-order valence-corrected chi connectivity index (χ0v) is 18.5. The van der Waals surface area contributed by atoms with Crippen molar-refractivity contribution in [2.75, 3.05) is 26.2 Å². The summed E-state index contributed by atoms with van der Waals surface area (Å²) in [5, 5.41) is 14.1. The highest BCUT2D eigenvalue weighted by atomic mass is 127. The Hall–Kier alpha value is -0.830. The summed E-state index contributed by atoms with van der Waals surface area (Å²) in [5.41, 5.74) is 2.46. The van der Waals surface area contributed by atoms with Crippen molar-refractivity contribution in [2.45, 2.75) is 65.5 Å². The largest absolute Gasteiger partial charge is 0.357 e. The Kier molecular flexibility index (Phi) is 10.4. The standard InChI is InChI=1S/C18H34N6.HI/c1-5-19-18(20-10-6-7-16-13-21-23-15(16)4)22-17-8-11-24(12-9-17)14(2)3;/h13-14,17H,5-12H2,1-4H3,(H,21,23)(H2,19,20,22);1H. The molecule has 0 saturated carbocycles. The SMILES string of the molecule is CCNC(=NCCCc1cn[nH]c1C)NC1CCN(C(C)C)CC1.I. The van der Waals surface area contributed by atoms with Gasteiger partial charge < -0.3 is 15.5 Å². The van der Waals surface area contributed by atoms with Gasteiger partial charge >= 0.3 is 0 Å². The van der Waals surface area contributed by atoms with Crippen molar-refractivity contribution >= 4 is 29.9 Å². The van der Waals surface area contributed by atoms with Crippen LogP contribution in [0.2, 0.25) is 0 Å². The maximum Gasteiger partial charge on any atom is 0.191 e. The number of aromatic nitrogens is 2. The Morgan fingerprint density at radius 1 is 1.40 bits per heavy atom. The first kappa shape index (κ1) is 22.2. The number of aryl methyl sites for hydroxylation is 2. The van der Waals surface area contributed by atoms with Gasteiger partial charge in [-0.1, -0.05) is 0 Å². The fourth-order valence-corrected chi connectivity index (χ4v) is 3.16. The second kappa shape index (κ2) is 11.7. The van der Waals surface area contributed by atoms with Crippen molar-refractivity contribution in [1.82, 2.24) is 25.7 Å². The predicted octanol–water partition coefficient (Wildman–Crippen LogP) is 2.70. The lowest BCUT2D eigenvalue weighted by Crippen LogP contribution is -2.49. The highest BCUT2D eigenvalue weighted by Crippen LogP contribution is 2.12. The molecule has 1 saturated heterocycles. The number of hydrogen-bond acceptors (Lipinski definition) is 3. The maximum atomic E-state index is 4.74. The summed E-state index contributed by atoms with van der Waals surface area (Å²) in [7, 11) is 0. The van der Waals surface area contributed by atoms with Gasteiger partial charge in [-0.3, -0.25) is 10.1 Å². The molecule has 0 radical (unpaired) electrons. The summed E-state index contributed by atoms with van der Waals surface area (Å²) in [6.45, 7) is 12.8.